The SMILES string of the molecule is CCO[C](=O)[Zn][CH3]. The third-order valence-electron chi connectivity index (χ3n) is 0.594. The van der Waals surface area contributed by atoms with Gasteiger partial charge in [0.1, 0.15) is 0 Å². The van der Waals surface area contributed by atoms with Gasteiger partial charge in [-0.1, -0.05) is 0 Å². The molecule has 0 aromatic rings. The molecule has 0 fully saturated rings. The summed E-state index contributed by atoms with van der Waals surface area (Å²) in [4.78, 5) is 10.3. The zero-order chi connectivity index (χ0) is 5.70. The van der Waals surface area contributed by atoms with Crippen LogP contribution >= 0.6 is 0 Å². The van der Waals surface area contributed by atoms with Crippen molar-refractivity contribution in [3.05, 3.63) is 0 Å². The van der Waals surface area contributed by atoms with Crippen LogP contribution in [0.4, 0.5) is 4.79 Å². The van der Waals surface area contributed by atoms with E-state index in [1.165, 1.54) is 0 Å². The van der Waals surface area contributed by atoms with Crippen LogP contribution in [0.1, 0.15) is 6.92 Å². The molecule has 0 aliphatic carbocycles. The fourth-order valence-corrected chi connectivity index (χ4v) is 1.12. The molecule has 0 rings (SSSR count). The first-order valence-corrected chi connectivity index (χ1v) is 6.92. The molecule has 38 valence electrons. The van der Waals surface area contributed by atoms with Crippen LogP contribution in [0.5, 0.6) is 0 Å². The van der Waals surface area contributed by atoms with Crippen molar-refractivity contribution in [1.29, 1.82) is 0 Å². The Morgan fingerprint density at radius 1 is 1.86 bits per heavy atom. The van der Waals surface area contributed by atoms with Crippen molar-refractivity contribution >= 4 is 4.56 Å². The van der Waals surface area contributed by atoms with Gasteiger partial charge in [0.15, 0.2) is 0 Å². The topological polar surface area (TPSA) is 26.3 Å². The molecule has 0 heterocycles. The van der Waals surface area contributed by atoms with E-state index in [1.807, 2.05) is 12.4 Å². The summed E-state index contributed by atoms with van der Waals surface area (Å²) in [5.74, 6) is 0. The molecule has 7 heavy (non-hydrogen) atoms. The maximum atomic E-state index is 10.3. The molecular formula is C4H8O2Zn. The van der Waals surface area contributed by atoms with E-state index in [0.29, 0.717) is 6.61 Å². The van der Waals surface area contributed by atoms with Crippen LogP contribution in [-0.2, 0) is 21.9 Å². The second-order valence-electron chi connectivity index (χ2n) is 1.16. The van der Waals surface area contributed by atoms with Crippen LogP contribution in [0.25, 0.3) is 0 Å². The summed E-state index contributed by atoms with van der Waals surface area (Å²) in [5.41, 5.74) is 1.96. The van der Waals surface area contributed by atoms with Crippen LogP contribution in [-0.4, -0.2) is 11.2 Å². The van der Waals surface area contributed by atoms with Gasteiger partial charge in [-0.25, -0.2) is 0 Å². The molecule has 0 bridgehead atoms. The fraction of sp³-hybridized carbons (Fsp3) is 0.750. The number of carbonyl (C=O) groups excluding carboxylic acids is 1. The molecule has 0 atom stereocenters. The van der Waals surface area contributed by atoms with Crippen LogP contribution in [0.15, 0.2) is 0 Å². The maximum absolute atomic E-state index is 10.3. The van der Waals surface area contributed by atoms with Crippen molar-refractivity contribution in [2.75, 3.05) is 6.61 Å². The van der Waals surface area contributed by atoms with E-state index < -0.39 is 17.1 Å². The van der Waals surface area contributed by atoms with Gasteiger partial charge in [0.2, 0.25) is 0 Å². The molecular weight excluding hydrogens is 145 g/mol. The Kier molecular flexibility index (Phi) is 4.31. The zero-order valence-electron chi connectivity index (χ0n) is 4.73. The molecule has 0 saturated heterocycles. The van der Waals surface area contributed by atoms with Crippen molar-refractivity contribution < 1.29 is 26.7 Å². The first kappa shape index (κ1) is 7.09. The molecule has 0 aromatic carbocycles. The number of carbonyl (C=O) groups is 1. The summed E-state index contributed by atoms with van der Waals surface area (Å²) in [6.07, 6.45) is 0. The Balaban J connectivity index is 3.00. The summed E-state index contributed by atoms with van der Waals surface area (Å²) in [7, 11) is 0. The first-order valence-electron chi connectivity index (χ1n) is 2.46. The third-order valence-corrected chi connectivity index (χ3v) is 2.23. The summed E-state index contributed by atoms with van der Waals surface area (Å²) in [6.45, 7) is 2.37. The van der Waals surface area contributed by atoms with Crippen molar-refractivity contribution in [1.82, 2.24) is 0 Å². The molecule has 0 N–H and O–H groups in total. The number of rotatable bonds is 2. The molecule has 0 aromatic heterocycles. The quantitative estimate of drug-likeness (QED) is 0.559. The number of ether oxygens (including phenoxy) is 1. The third kappa shape index (κ3) is 3.94. The Morgan fingerprint density at radius 3 is 2.57 bits per heavy atom. The van der Waals surface area contributed by atoms with Gasteiger partial charge in [-0.3, -0.25) is 0 Å². The first-order chi connectivity index (χ1) is 3.31. The molecule has 0 amide bonds. The summed E-state index contributed by atoms with van der Waals surface area (Å²) in [5, 5.41) is 0. The standard InChI is InChI=1S/C3H5O2.CH3.Zn/c1-2-5-3-4;;/h2H2,1H3;1H3;. The monoisotopic (exact) mass is 152 g/mol. The van der Waals surface area contributed by atoms with Crippen molar-refractivity contribution in [2.45, 2.75) is 12.4 Å². The molecule has 0 aliphatic heterocycles. The van der Waals surface area contributed by atoms with Gasteiger partial charge in [0.05, 0.1) is 0 Å². The van der Waals surface area contributed by atoms with Crippen LogP contribution < -0.4 is 0 Å². The predicted molar refractivity (Wildman–Crippen MR) is 22.9 cm³/mol. The Labute approximate surface area is 50.8 Å². The molecule has 0 aliphatic rings. The van der Waals surface area contributed by atoms with Gasteiger partial charge < -0.3 is 0 Å². The molecule has 2 nitrogen and oxygen atoms in total. The van der Waals surface area contributed by atoms with E-state index in [4.69, 9.17) is 0 Å². The molecule has 3 heteroatoms. The minimum absolute atomic E-state index is 0.0648. The van der Waals surface area contributed by atoms with Gasteiger partial charge in [0.25, 0.3) is 0 Å². The van der Waals surface area contributed by atoms with E-state index in [-0.39, 0.29) is 4.56 Å². The summed E-state index contributed by atoms with van der Waals surface area (Å²) >= 11 is -0.889. The average molecular weight is 153 g/mol. The number of hydrogen-bond acceptors (Lipinski definition) is 2. The van der Waals surface area contributed by atoms with E-state index in [0.717, 1.165) is 0 Å². The Morgan fingerprint density at radius 2 is 2.43 bits per heavy atom. The Bertz CT molecular complexity index is 62.7. The van der Waals surface area contributed by atoms with Gasteiger partial charge >= 0.3 is 50.3 Å². The van der Waals surface area contributed by atoms with E-state index in [1.54, 1.807) is 0 Å². The van der Waals surface area contributed by atoms with Gasteiger partial charge in [-0.15, -0.1) is 0 Å². The van der Waals surface area contributed by atoms with Crippen LogP contribution in [0, 0.1) is 0 Å². The second kappa shape index (κ2) is 4.26. The second-order valence-corrected chi connectivity index (χ2v) is 3.85. The number of hydrogen-bond donors (Lipinski definition) is 0. The van der Waals surface area contributed by atoms with Gasteiger partial charge in [0, 0.05) is 0 Å². The Hall–Kier alpha value is 0.0934. The van der Waals surface area contributed by atoms with Crippen molar-refractivity contribution in [2.24, 2.45) is 0 Å². The fourth-order valence-electron chi connectivity index (χ4n) is 0.263. The van der Waals surface area contributed by atoms with Crippen molar-refractivity contribution in [3.63, 3.8) is 0 Å². The molecule has 0 radical (unpaired) electrons. The minimum atomic E-state index is -0.889. The summed E-state index contributed by atoms with van der Waals surface area (Å²) < 4.78 is 4.70. The zero-order valence-corrected chi connectivity index (χ0v) is 7.70. The molecule has 0 saturated carbocycles. The molecule has 0 unspecified atom stereocenters. The van der Waals surface area contributed by atoms with Gasteiger partial charge in [-0.05, 0) is 0 Å². The van der Waals surface area contributed by atoms with Crippen molar-refractivity contribution in [3.8, 4) is 0 Å². The van der Waals surface area contributed by atoms with Crippen LogP contribution in [0.3, 0.4) is 0 Å². The average Bonchev–Trinajstić information content (AvgIpc) is 1.68. The normalized spacial score (nSPS) is 7.14. The summed E-state index contributed by atoms with van der Waals surface area (Å²) in [6, 6.07) is 0. The van der Waals surface area contributed by atoms with Crippen LogP contribution in [0.2, 0.25) is 5.52 Å². The molecule has 0 spiro atoms. The predicted octanol–water partition coefficient (Wildman–Crippen LogP) is 1.27. The van der Waals surface area contributed by atoms with Gasteiger partial charge in [-0.2, -0.15) is 0 Å². The van der Waals surface area contributed by atoms with E-state index in [9.17, 15) is 4.79 Å². The van der Waals surface area contributed by atoms with E-state index in [2.05, 4.69) is 4.74 Å². The van der Waals surface area contributed by atoms with E-state index >= 15 is 0 Å².